The summed E-state index contributed by atoms with van der Waals surface area (Å²) in [4.78, 5) is 17.1. The SMILES string of the molecule is C=CCOc1c(Cl)cc(/C=N\NC(=O)c2ccc(-c3csc(Nc4ccc(Cl)cc4)n3)cc2)cc1Cl. The summed E-state index contributed by atoms with van der Waals surface area (Å²) in [7, 11) is 0. The summed E-state index contributed by atoms with van der Waals surface area (Å²) in [5, 5.41) is 11.3. The van der Waals surface area contributed by atoms with Crippen LogP contribution in [0.1, 0.15) is 15.9 Å². The molecule has 4 rings (SSSR count). The molecule has 0 bridgehead atoms. The number of carbonyl (C=O) groups is 1. The minimum atomic E-state index is -0.357. The zero-order valence-corrected chi connectivity index (χ0v) is 21.8. The molecular formula is C26H19Cl3N4O2S. The number of nitrogens with zero attached hydrogens (tertiary/aromatic N) is 2. The molecule has 0 saturated heterocycles. The lowest BCUT2D eigenvalue weighted by Crippen LogP contribution is -2.17. The third kappa shape index (κ3) is 6.65. The Labute approximate surface area is 227 Å². The van der Waals surface area contributed by atoms with Crippen LogP contribution in [-0.2, 0) is 0 Å². The van der Waals surface area contributed by atoms with Gasteiger partial charge in [-0.2, -0.15) is 5.10 Å². The molecule has 1 heterocycles. The molecule has 0 spiro atoms. The quantitative estimate of drug-likeness (QED) is 0.125. The van der Waals surface area contributed by atoms with E-state index in [0.717, 1.165) is 22.1 Å². The van der Waals surface area contributed by atoms with Crippen molar-refractivity contribution in [3.63, 3.8) is 0 Å². The second kappa shape index (κ2) is 12.1. The molecule has 2 N–H and O–H groups in total. The molecule has 0 radical (unpaired) electrons. The number of thiazole rings is 1. The number of halogens is 3. The van der Waals surface area contributed by atoms with Gasteiger partial charge in [0.25, 0.3) is 5.91 Å². The van der Waals surface area contributed by atoms with E-state index in [0.29, 0.717) is 31.9 Å². The molecule has 0 atom stereocenters. The molecule has 0 aliphatic heterocycles. The van der Waals surface area contributed by atoms with Crippen LogP contribution in [0.25, 0.3) is 11.3 Å². The van der Waals surface area contributed by atoms with E-state index in [1.54, 1.807) is 30.3 Å². The van der Waals surface area contributed by atoms with Crippen molar-refractivity contribution < 1.29 is 9.53 Å². The Morgan fingerprint density at radius 2 is 1.75 bits per heavy atom. The fourth-order valence-electron chi connectivity index (χ4n) is 3.08. The number of carbonyl (C=O) groups excluding carboxylic acids is 1. The molecular weight excluding hydrogens is 539 g/mol. The molecule has 0 fully saturated rings. The second-order valence-corrected chi connectivity index (χ2v) is 9.47. The van der Waals surface area contributed by atoms with Gasteiger partial charge in [-0.15, -0.1) is 11.3 Å². The lowest BCUT2D eigenvalue weighted by Gasteiger charge is -2.08. The number of hydrogen-bond donors (Lipinski definition) is 2. The van der Waals surface area contributed by atoms with Crippen LogP contribution in [0, 0.1) is 0 Å². The van der Waals surface area contributed by atoms with Gasteiger partial charge in [-0.05, 0) is 54.1 Å². The zero-order chi connectivity index (χ0) is 25.5. The van der Waals surface area contributed by atoms with Gasteiger partial charge in [0.05, 0.1) is 22.0 Å². The van der Waals surface area contributed by atoms with E-state index in [9.17, 15) is 4.79 Å². The number of aromatic nitrogens is 1. The van der Waals surface area contributed by atoms with Gasteiger partial charge in [0.15, 0.2) is 10.9 Å². The van der Waals surface area contributed by atoms with Crippen LogP contribution in [0.15, 0.2) is 83.8 Å². The molecule has 6 nitrogen and oxygen atoms in total. The van der Waals surface area contributed by atoms with Crippen molar-refractivity contribution in [2.45, 2.75) is 0 Å². The molecule has 0 aliphatic rings. The van der Waals surface area contributed by atoms with E-state index in [4.69, 9.17) is 39.5 Å². The maximum Gasteiger partial charge on any atom is 0.271 e. The minimum Gasteiger partial charge on any atom is -0.486 e. The lowest BCUT2D eigenvalue weighted by atomic mass is 10.1. The van der Waals surface area contributed by atoms with E-state index >= 15 is 0 Å². The summed E-state index contributed by atoms with van der Waals surface area (Å²) in [6.07, 6.45) is 3.05. The number of hydrogen-bond acceptors (Lipinski definition) is 6. The zero-order valence-electron chi connectivity index (χ0n) is 18.7. The smallest absolute Gasteiger partial charge is 0.271 e. The van der Waals surface area contributed by atoms with E-state index in [1.165, 1.54) is 17.6 Å². The van der Waals surface area contributed by atoms with Crippen molar-refractivity contribution in [1.29, 1.82) is 0 Å². The van der Waals surface area contributed by atoms with Crippen molar-refractivity contribution in [2.75, 3.05) is 11.9 Å². The highest BCUT2D eigenvalue weighted by atomic mass is 35.5. The normalized spacial score (nSPS) is 10.9. The Kier molecular flexibility index (Phi) is 8.61. The maximum absolute atomic E-state index is 12.5. The molecule has 1 aromatic heterocycles. The fraction of sp³-hybridized carbons (Fsp3) is 0.0385. The van der Waals surface area contributed by atoms with Crippen molar-refractivity contribution in [3.8, 4) is 17.0 Å². The average Bonchev–Trinajstić information content (AvgIpc) is 3.33. The minimum absolute atomic E-state index is 0.283. The van der Waals surface area contributed by atoms with Crippen molar-refractivity contribution in [2.24, 2.45) is 5.10 Å². The monoisotopic (exact) mass is 556 g/mol. The fourth-order valence-corrected chi connectivity index (χ4v) is 4.56. The largest absolute Gasteiger partial charge is 0.486 e. The summed E-state index contributed by atoms with van der Waals surface area (Å²) >= 11 is 19.8. The van der Waals surface area contributed by atoms with Crippen LogP contribution in [0.5, 0.6) is 5.75 Å². The number of amides is 1. The number of nitrogens with one attached hydrogen (secondary N) is 2. The second-order valence-electron chi connectivity index (χ2n) is 7.36. The van der Waals surface area contributed by atoms with Crippen LogP contribution in [0.3, 0.4) is 0 Å². The highest BCUT2D eigenvalue weighted by Gasteiger charge is 2.10. The first-order chi connectivity index (χ1) is 17.4. The first-order valence-corrected chi connectivity index (χ1v) is 12.6. The molecule has 0 saturated carbocycles. The van der Waals surface area contributed by atoms with E-state index in [-0.39, 0.29) is 12.5 Å². The summed E-state index contributed by atoms with van der Waals surface area (Å²) in [6.45, 7) is 3.87. The molecule has 10 heteroatoms. The van der Waals surface area contributed by atoms with Crippen LogP contribution >= 0.6 is 46.1 Å². The van der Waals surface area contributed by atoms with Gasteiger partial charge in [0.1, 0.15) is 6.61 Å². The van der Waals surface area contributed by atoms with E-state index in [2.05, 4.69) is 27.4 Å². The summed E-state index contributed by atoms with van der Waals surface area (Å²) in [5.74, 6) is 0.0109. The Hall–Kier alpha value is -3.36. The maximum atomic E-state index is 12.5. The molecule has 1 amide bonds. The van der Waals surface area contributed by atoms with Gasteiger partial charge in [0.2, 0.25) is 0 Å². The molecule has 0 aliphatic carbocycles. The third-order valence-corrected chi connectivity index (χ3v) is 6.36. The predicted molar refractivity (Wildman–Crippen MR) is 149 cm³/mol. The summed E-state index contributed by atoms with van der Waals surface area (Å²) < 4.78 is 5.44. The number of rotatable bonds is 9. The highest BCUT2D eigenvalue weighted by Crippen LogP contribution is 2.34. The molecule has 3 aromatic carbocycles. The van der Waals surface area contributed by atoms with Gasteiger partial charge in [-0.25, -0.2) is 10.4 Å². The van der Waals surface area contributed by atoms with Gasteiger partial charge in [-0.3, -0.25) is 4.79 Å². The Morgan fingerprint density at radius 1 is 1.06 bits per heavy atom. The van der Waals surface area contributed by atoms with Gasteiger partial charge >= 0.3 is 0 Å². The molecule has 0 unspecified atom stereocenters. The average molecular weight is 558 g/mol. The summed E-state index contributed by atoms with van der Waals surface area (Å²) in [5.41, 5.74) is 6.15. The number of ether oxygens (including phenoxy) is 1. The van der Waals surface area contributed by atoms with Gasteiger partial charge in [-0.1, -0.05) is 59.6 Å². The van der Waals surface area contributed by atoms with Crippen molar-refractivity contribution >= 4 is 69.1 Å². The Bertz CT molecular complexity index is 1380. The van der Waals surface area contributed by atoms with E-state index in [1.807, 2.05) is 41.8 Å². The number of hydrazone groups is 1. The lowest BCUT2D eigenvalue weighted by molar-refractivity contribution is 0.0955. The highest BCUT2D eigenvalue weighted by molar-refractivity contribution is 7.14. The van der Waals surface area contributed by atoms with Gasteiger partial charge in [0, 0.05) is 27.2 Å². The Morgan fingerprint density at radius 3 is 2.42 bits per heavy atom. The molecule has 4 aromatic rings. The topological polar surface area (TPSA) is 75.6 Å². The first-order valence-electron chi connectivity index (χ1n) is 10.6. The number of benzene rings is 3. The third-order valence-electron chi connectivity index (χ3n) is 4.79. The van der Waals surface area contributed by atoms with Crippen LogP contribution in [-0.4, -0.2) is 23.7 Å². The van der Waals surface area contributed by atoms with Crippen LogP contribution in [0.4, 0.5) is 10.8 Å². The standard InChI is InChI=1S/C26H19Cl3N4O2S/c1-2-11-35-24-21(28)12-16(13-22(24)29)14-30-33-25(34)18-5-3-17(4-6-18)23-15-36-26(32-23)31-20-9-7-19(27)8-10-20/h2-10,12-15H,1,11H2,(H,31,32)(H,33,34)/b30-14-. The number of anilines is 2. The predicted octanol–water partition coefficient (Wildman–Crippen LogP) is 7.84. The first kappa shape index (κ1) is 25.7. The van der Waals surface area contributed by atoms with Gasteiger partial charge < -0.3 is 10.1 Å². The van der Waals surface area contributed by atoms with Crippen LogP contribution in [0.2, 0.25) is 15.1 Å². The summed E-state index contributed by atoms with van der Waals surface area (Å²) in [6, 6.07) is 17.8. The van der Waals surface area contributed by atoms with Crippen molar-refractivity contribution in [3.05, 3.63) is 105 Å². The van der Waals surface area contributed by atoms with E-state index < -0.39 is 0 Å². The van der Waals surface area contributed by atoms with Crippen molar-refractivity contribution in [1.82, 2.24) is 10.4 Å². The Balaban J connectivity index is 1.36. The van der Waals surface area contributed by atoms with Crippen LogP contribution < -0.4 is 15.5 Å². The molecule has 36 heavy (non-hydrogen) atoms. The molecule has 182 valence electrons.